The molecule has 100 valence electrons. The van der Waals surface area contributed by atoms with Gasteiger partial charge in [0.05, 0.1) is 17.4 Å². The second-order valence-electron chi connectivity index (χ2n) is 5.40. The molecule has 1 heterocycles. The summed E-state index contributed by atoms with van der Waals surface area (Å²) in [7, 11) is 1.98. The predicted molar refractivity (Wildman–Crippen MR) is 75.3 cm³/mol. The first-order valence-corrected chi connectivity index (χ1v) is 6.72. The highest BCUT2D eigenvalue weighted by Crippen LogP contribution is 2.53. The number of aryl methyl sites for hydroxylation is 2. The number of hydrogen-bond acceptors (Lipinski definition) is 3. The van der Waals surface area contributed by atoms with E-state index in [-0.39, 0.29) is 6.04 Å². The zero-order valence-electron chi connectivity index (χ0n) is 11.4. The number of nitrogens with one attached hydrogen (secondary N) is 1. The summed E-state index contributed by atoms with van der Waals surface area (Å²) in [5.41, 5.74) is 6.59. The molecule has 4 heteroatoms. The molecule has 1 aliphatic rings. The van der Waals surface area contributed by atoms with Gasteiger partial charge in [-0.3, -0.25) is 16.0 Å². The molecule has 0 saturated heterocycles. The van der Waals surface area contributed by atoms with E-state index in [9.17, 15) is 0 Å². The van der Waals surface area contributed by atoms with E-state index < -0.39 is 0 Å². The van der Waals surface area contributed by atoms with Crippen molar-refractivity contribution in [2.75, 3.05) is 0 Å². The zero-order chi connectivity index (χ0) is 13.4. The minimum atomic E-state index is 0.177. The van der Waals surface area contributed by atoms with Gasteiger partial charge in [0.25, 0.3) is 0 Å². The first-order chi connectivity index (χ1) is 9.20. The molecule has 2 aromatic rings. The number of hydrogen-bond donors (Lipinski definition) is 2. The average molecular weight is 256 g/mol. The van der Waals surface area contributed by atoms with E-state index in [4.69, 9.17) is 5.84 Å². The van der Waals surface area contributed by atoms with Gasteiger partial charge in [-0.05, 0) is 36.8 Å². The molecule has 4 nitrogen and oxygen atoms in total. The lowest BCUT2D eigenvalue weighted by molar-refractivity contribution is 0.455. The van der Waals surface area contributed by atoms with E-state index in [1.165, 1.54) is 17.7 Å². The Morgan fingerprint density at radius 3 is 2.68 bits per heavy atom. The summed E-state index contributed by atoms with van der Waals surface area (Å²) in [6, 6.07) is 13.0. The lowest BCUT2D eigenvalue weighted by Gasteiger charge is -2.16. The van der Waals surface area contributed by atoms with Crippen LogP contribution in [-0.4, -0.2) is 9.78 Å². The molecule has 1 fully saturated rings. The van der Waals surface area contributed by atoms with Gasteiger partial charge in [0.2, 0.25) is 0 Å². The highest BCUT2D eigenvalue weighted by atomic mass is 15.3. The fraction of sp³-hybridized carbons (Fsp3) is 0.400. The molecule has 0 aliphatic heterocycles. The van der Waals surface area contributed by atoms with Crippen LogP contribution in [0.2, 0.25) is 0 Å². The van der Waals surface area contributed by atoms with Gasteiger partial charge in [-0.2, -0.15) is 5.10 Å². The van der Waals surface area contributed by atoms with Gasteiger partial charge in [0.15, 0.2) is 0 Å². The fourth-order valence-corrected chi connectivity index (χ4v) is 3.02. The largest absolute Gasteiger partial charge is 0.271 e. The van der Waals surface area contributed by atoms with Crippen molar-refractivity contribution >= 4 is 0 Å². The van der Waals surface area contributed by atoms with E-state index in [0.29, 0.717) is 11.8 Å². The van der Waals surface area contributed by atoms with E-state index in [0.717, 1.165) is 5.69 Å². The summed E-state index contributed by atoms with van der Waals surface area (Å²) in [5.74, 6) is 6.94. The smallest absolute Gasteiger partial charge is 0.0663 e. The van der Waals surface area contributed by atoms with Gasteiger partial charge in [-0.25, -0.2) is 0 Å². The first-order valence-electron chi connectivity index (χ1n) is 6.72. The van der Waals surface area contributed by atoms with E-state index >= 15 is 0 Å². The highest BCUT2D eigenvalue weighted by Gasteiger charge is 2.44. The summed E-state index contributed by atoms with van der Waals surface area (Å²) in [6.45, 7) is 2.01. The second-order valence-corrected chi connectivity index (χ2v) is 5.40. The molecule has 1 aromatic heterocycles. The van der Waals surface area contributed by atoms with Crippen LogP contribution in [0.3, 0.4) is 0 Å². The van der Waals surface area contributed by atoms with Crippen molar-refractivity contribution < 1.29 is 0 Å². The minimum Gasteiger partial charge on any atom is -0.271 e. The van der Waals surface area contributed by atoms with Crippen molar-refractivity contribution in [1.29, 1.82) is 0 Å². The number of benzene rings is 1. The van der Waals surface area contributed by atoms with Crippen LogP contribution in [0.15, 0.2) is 36.4 Å². The maximum Gasteiger partial charge on any atom is 0.0663 e. The molecular formula is C15H20N4. The van der Waals surface area contributed by atoms with Gasteiger partial charge in [0, 0.05) is 7.05 Å². The summed E-state index contributed by atoms with van der Waals surface area (Å²) in [4.78, 5) is 0. The third-order valence-corrected chi connectivity index (χ3v) is 4.03. The third-order valence-electron chi connectivity index (χ3n) is 4.03. The Labute approximate surface area is 113 Å². The third kappa shape index (κ3) is 2.29. The quantitative estimate of drug-likeness (QED) is 0.650. The normalized spacial score (nSPS) is 23.3. The molecular weight excluding hydrogens is 236 g/mol. The highest BCUT2D eigenvalue weighted by molar-refractivity contribution is 5.29. The number of nitrogens with zero attached hydrogens (tertiary/aromatic N) is 2. The van der Waals surface area contributed by atoms with Gasteiger partial charge < -0.3 is 0 Å². The van der Waals surface area contributed by atoms with Crippen molar-refractivity contribution in [3.63, 3.8) is 0 Å². The maximum atomic E-state index is 5.77. The van der Waals surface area contributed by atoms with Crippen LogP contribution < -0.4 is 11.3 Å². The van der Waals surface area contributed by atoms with Crippen LogP contribution >= 0.6 is 0 Å². The Balaban J connectivity index is 1.81. The molecule has 0 bridgehead atoms. The number of nitrogens with two attached hydrogens (primary N) is 1. The molecule has 3 atom stereocenters. The van der Waals surface area contributed by atoms with Crippen molar-refractivity contribution in [3.8, 4) is 0 Å². The van der Waals surface area contributed by atoms with Crippen molar-refractivity contribution in [2.24, 2.45) is 18.8 Å². The number of aromatic nitrogens is 2. The second kappa shape index (κ2) is 4.79. The van der Waals surface area contributed by atoms with Gasteiger partial charge in [0.1, 0.15) is 0 Å². The molecule has 3 unspecified atom stereocenters. The Kier molecular flexibility index (Phi) is 3.12. The predicted octanol–water partition coefficient (Wildman–Crippen LogP) is 2.04. The van der Waals surface area contributed by atoms with Crippen LogP contribution in [0.1, 0.15) is 35.3 Å². The average Bonchev–Trinajstić information content (AvgIpc) is 3.12. The molecule has 19 heavy (non-hydrogen) atoms. The molecule has 0 spiro atoms. The van der Waals surface area contributed by atoms with Crippen molar-refractivity contribution in [2.45, 2.75) is 25.3 Å². The number of hydrazine groups is 1. The topological polar surface area (TPSA) is 55.9 Å². The van der Waals surface area contributed by atoms with E-state index in [1.807, 2.05) is 18.7 Å². The first kappa shape index (κ1) is 12.4. The Morgan fingerprint density at radius 1 is 1.37 bits per heavy atom. The Morgan fingerprint density at radius 2 is 2.11 bits per heavy atom. The summed E-state index contributed by atoms with van der Waals surface area (Å²) < 4.78 is 1.93. The zero-order valence-corrected chi connectivity index (χ0v) is 11.4. The SMILES string of the molecule is Cc1cc(C(NN)C2CC2c2ccccc2)n(C)n1. The number of rotatable bonds is 4. The summed E-state index contributed by atoms with van der Waals surface area (Å²) in [5, 5.41) is 4.41. The molecule has 1 aliphatic carbocycles. The van der Waals surface area contributed by atoms with Crippen molar-refractivity contribution in [1.82, 2.24) is 15.2 Å². The Hall–Kier alpha value is -1.65. The molecule has 1 saturated carbocycles. The molecule has 1 aromatic carbocycles. The van der Waals surface area contributed by atoms with E-state index in [1.54, 1.807) is 0 Å². The lowest BCUT2D eigenvalue weighted by Crippen LogP contribution is -2.31. The fourth-order valence-electron chi connectivity index (χ4n) is 3.02. The Bertz CT molecular complexity index is 561. The van der Waals surface area contributed by atoms with Gasteiger partial charge in [-0.1, -0.05) is 30.3 Å². The van der Waals surface area contributed by atoms with Crippen LogP contribution in [0.5, 0.6) is 0 Å². The van der Waals surface area contributed by atoms with Crippen molar-refractivity contribution in [3.05, 3.63) is 53.3 Å². The molecule has 3 rings (SSSR count). The maximum absolute atomic E-state index is 5.77. The van der Waals surface area contributed by atoms with Crippen LogP contribution in [-0.2, 0) is 7.05 Å². The monoisotopic (exact) mass is 256 g/mol. The van der Waals surface area contributed by atoms with Crippen LogP contribution in [0, 0.1) is 12.8 Å². The summed E-state index contributed by atoms with van der Waals surface area (Å²) >= 11 is 0. The van der Waals surface area contributed by atoms with Crippen LogP contribution in [0.25, 0.3) is 0 Å². The minimum absolute atomic E-state index is 0.177. The van der Waals surface area contributed by atoms with Gasteiger partial charge in [-0.15, -0.1) is 0 Å². The van der Waals surface area contributed by atoms with Gasteiger partial charge >= 0.3 is 0 Å². The van der Waals surface area contributed by atoms with E-state index in [2.05, 4.69) is 46.9 Å². The standard InChI is InChI=1S/C15H20N4/c1-10-8-14(19(2)18-10)15(17-16)13-9-12(13)11-6-4-3-5-7-11/h3-8,12-13,15,17H,9,16H2,1-2H3. The molecule has 3 N–H and O–H groups in total. The van der Waals surface area contributed by atoms with Crippen LogP contribution in [0.4, 0.5) is 0 Å². The molecule has 0 radical (unpaired) electrons. The molecule has 0 amide bonds. The summed E-state index contributed by atoms with van der Waals surface area (Å²) in [6.07, 6.45) is 1.18. The lowest BCUT2D eigenvalue weighted by atomic mass is 10.0.